The third-order valence-electron chi connectivity index (χ3n) is 2.68. The molecule has 3 nitrogen and oxygen atoms in total. The van der Waals surface area contributed by atoms with Crippen molar-refractivity contribution in [2.24, 2.45) is 0 Å². The number of alkyl halides is 1. The molecule has 0 N–H and O–H groups in total. The van der Waals surface area contributed by atoms with Crippen molar-refractivity contribution in [2.75, 3.05) is 0 Å². The summed E-state index contributed by atoms with van der Waals surface area (Å²) in [6.07, 6.45) is 4.83. The van der Waals surface area contributed by atoms with Gasteiger partial charge in [-0.2, -0.15) is 5.10 Å². The molecule has 0 saturated heterocycles. The lowest BCUT2D eigenvalue weighted by Crippen LogP contribution is -2.10. The molecule has 0 aliphatic carbocycles. The van der Waals surface area contributed by atoms with E-state index in [-0.39, 0.29) is 0 Å². The average molecular weight is 268 g/mol. The lowest BCUT2D eigenvalue weighted by Gasteiger charge is -2.15. The summed E-state index contributed by atoms with van der Waals surface area (Å²) in [4.78, 5) is 5.06. The number of halogens is 1. The van der Waals surface area contributed by atoms with E-state index in [0.29, 0.717) is 10.7 Å². The van der Waals surface area contributed by atoms with Crippen molar-refractivity contribution < 1.29 is 0 Å². The fourth-order valence-corrected chi connectivity index (χ4v) is 1.89. The molecule has 0 amide bonds. The molecule has 2 aromatic rings. The van der Waals surface area contributed by atoms with Gasteiger partial charge in [0.15, 0.2) is 5.65 Å². The van der Waals surface area contributed by atoms with Crippen molar-refractivity contribution in [1.29, 1.82) is 0 Å². The molecule has 0 aliphatic heterocycles. The first kappa shape index (κ1) is 10.6. The van der Waals surface area contributed by atoms with Crippen molar-refractivity contribution in [3.63, 3.8) is 0 Å². The van der Waals surface area contributed by atoms with Gasteiger partial charge in [0, 0.05) is 28.7 Å². The van der Waals surface area contributed by atoms with Gasteiger partial charge in [-0.3, -0.25) is 0 Å². The van der Waals surface area contributed by atoms with E-state index in [9.17, 15) is 0 Å². The predicted molar refractivity (Wildman–Crippen MR) is 64.4 cm³/mol. The third-order valence-corrected chi connectivity index (χ3v) is 4.12. The van der Waals surface area contributed by atoms with Crippen LogP contribution in [0.5, 0.6) is 0 Å². The number of hydrogen-bond donors (Lipinski definition) is 0. The van der Waals surface area contributed by atoms with E-state index >= 15 is 0 Å². The molecule has 4 heteroatoms. The second-order valence-corrected chi connectivity index (χ2v) is 4.88. The second kappa shape index (κ2) is 4.31. The Labute approximate surface area is 97.6 Å². The summed E-state index contributed by atoms with van der Waals surface area (Å²) in [6, 6.07) is 3.96. The van der Waals surface area contributed by atoms with E-state index in [1.54, 1.807) is 10.7 Å². The van der Waals surface area contributed by atoms with Gasteiger partial charge in [0.1, 0.15) is 0 Å². The third kappa shape index (κ3) is 2.04. The van der Waals surface area contributed by atoms with Crippen LogP contribution in [0, 0.1) is 0 Å². The summed E-state index contributed by atoms with van der Waals surface area (Å²) >= 11 is 3.67. The average Bonchev–Trinajstić information content (AvgIpc) is 2.73. The maximum Gasteiger partial charge on any atom is 0.155 e. The molecule has 0 aromatic carbocycles. The molecular weight excluding hydrogens is 254 g/mol. The standard InChI is InChI=1S/C11H14BrN3/c1-3-9(12)8(2)10-5-7-15-11(14-10)4-6-13-15/h4-9H,3H2,1-2H3. The molecule has 2 aromatic heterocycles. The Morgan fingerprint density at radius 1 is 1.47 bits per heavy atom. The highest BCUT2D eigenvalue weighted by atomic mass is 79.9. The van der Waals surface area contributed by atoms with Gasteiger partial charge >= 0.3 is 0 Å². The summed E-state index contributed by atoms with van der Waals surface area (Å²) < 4.78 is 1.78. The van der Waals surface area contributed by atoms with Crippen LogP contribution in [-0.2, 0) is 0 Å². The minimum atomic E-state index is 0.426. The van der Waals surface area contributed by atoms with E-state index < -0.39 is 0 Å². The van der Waals surface area contributed by atoms with Crippen molar-refractivity contribution in [3.05, 3.63) is 30.2 Å². The van der Waals surface area contributed by atoms with Gasteiger partial charge in [-0.1, -0.05) is 29.8 Å². The fourth-order valence-electron chi connectivity index (χ4n) is 1.62. The Morgan fingerprint density at radius 3 is 3.00 bits per heavy atom. The zero-order valence-corrected chi connectivity index (χ0v) is 10.5. The Balaban J connectivity index is 2.35. The smallest absolute Gasteiger partial charge is 0.155 e. The highest BCUT2D eigenvalue weighted by Gasteiger charge is 2.15. The van der Waals surface area contributed by atoms with Crippen LogP contribution in [0.4, 0.5) is 0 Å². The molecule has 0 aliphatic rings. The lowest BCUT2D eigenvalue weighted by molar-refractivity contribution is 0.673. The summed E-state index contributed by atoms with van der Waals surface area (Å²) in [7, 11) is 0. The largest absolute Gasteiger partial charge is 0.233 e. The highest BCUT2D eigenvalue weighted by molar-refractivity contribution is 9.09. The molecule has 0 spiro atoms. The molecule has 0 fully saturated rings. The molecule has 2 unspecified atom stereocenters. The van der Waals surface area contributed by atoms with Crippen LogP contribution in [0.3, 0.4) is 0 Å². The van der Waals surface area contributed by atoms with Crippen LogP contribution in [0.25, 0.3) is 5.65 Å². The molecule has 2 rings (SSSR count). The monoisotopic (exact) mass is 267 g/mol. The molecule has 2 atom stereocenters. The summed E-state index contributed by atoms with van der Waals surface area (Å²) in [5.74, 6) is 0.426. The van der Waals surface area contributed by atoms with Crippen LogP contribution in [0.2, 0.25) is 0 Å². The number of aromatic nitrogens is 3. The maximum atomic E-state index is 4.57. The first-order valence-electron chi connectivity index (χ1n) is 5.16. The first-order chi connectivity index (χ1) is 7.22. The van der Waals surface area contributed by atoms with Gasteiger partial charge in [0.25, 0.3) is 0 Å². The van der Waals surface area contributed by atoms with Gasteiger partial charge in [-0.25, -0.2) is 9.50 Å². The van der Waals surface area contributed by atoms with Crippen LogP contribution < -0.4 is 0 Å². The zero-order chi connectivity index (χ0) is 10.8. The second-order valence-electron chi connectivity index (χ2n) is 3.70. The molecular formula is C11H14BrN3. The number of fused-ring (bicyclic) bond motifs is 1. The molecule has 80 valence electrons. The first-order valence-corrected chi connectivity index (χ1v) is 6.08. The van der Waals surface area contributed by atoms with Gasteiger partial charge < -0.3 is 0 Å². The van der Waals surface area contributed by atoms with Crippen LogP contribution in [0.1, 0.15) is 31.9 Å². The van der Waals surface area contributed by atoms with Crippen molar-refractivity contribution in [2.45, 2.75) is 31.0 Å². The zero-order valence-electron chi connectivity index (χ0n) is 8.89. The van der Waals surface area contributed by atoms with Crippen LogP contribution in [-0.4, -0.2) is 19.4 Å². The number of rotatable bonds is 3. The van der Waals surface area contributed by atoms with Gasteiger partial charge in [0.05, 0.1) is 6.20 Å². The van der Waals surface area contributed by atoms with Gasteiger partial charge in [0.2, 0.25) is 0 Å². The van der Waals surface area contributed by atoms with E-state index in [1.165, 1.54) is 0 Å². The predicted octanol–water partition coefficient (Wildman–Crippen LogP) is 3.01. The molecule has 2 heterocycles. The van der Waals surface area contributed by atoms with Crippen molar-refractivity contribution >= 4 is 21.6 Å². The minimum Gasteiger partial charge on any atom is -0.233 e. The summed E-state index contributed by atoms with van der Waals surface area (Å²) in [6.45, 7) is 4.37. The fraction of sp³-hybridized carbons (Fsp3) is 0.455. The van der Waals surface area contributed by atoms with Gasteiger partial charge in [-0.15, -0.1) is 0 Å². The molecule has 0 radical (unpaired) electrons. The molecule has 0 bridgehead atoms. The van der Waals surface area contributed by atoms with E-state index in [4.69, 9.17) is 0 Å². The van der Waals surface area contributed by atoms with Crippen molar-refractivity contribution in [1.82, 2.24) is 14.6 Å². The lowest BCUT2D eigenvalue weighted by atomic mass is 10.0. The Bertz CT molecular complexity index is 452. The molecule has 15 heavy (non-hydrogen) atoms. The minimum absolute atomic E-state index is 0.426. The van der Waals surface area contributed by atoms with E-state index in [2.05, 4.69) is 39.9 Å². The van der Waals surface area contributed by atoms with Crippen LogP contribution in [0.15, 0.2) is 24.5 Å². The van der Waals surface area contributed by atoms with E-state index in [0.717, 1.165) is 17.8 Å². The normalized spacial score (nSPS) is 15.4. The van der Waals surface area contributed by atoms with E-state index in [1.807, 2.05) is 18.3 Å². The van der Waals surface area contributed by atoms with Gasteiger partial charge in [-0.05, 0) is 12.5 Å². The number of nitrogens with zero attached hydrogens (tertiary/aromatic N) is 3. The quantitative estimate of drug-likeness (QED) is 0.801. The number of hydrogen-bond acceptors (Lipinski definition) is 2. The summed E-state index contributed by atoms with van der Waals surface area (Å²) in [5, 5.41) is 4.13. The van der Waals surface area contributed by atoms with Crippen LogP contribution >= 0.6 is 15.9 Å². The SMILES string of the molecule is CCC(Br)C(C)c1ccn2nccc2n1. The Kier molecular flexibility index (Phi) is 3.05. The highest BCUT2D eigenvalue weighted by Crippen LogP contribution is 2.25. The topological polar surface area (TPSA) is 30.2 Å². The molecule has 0 saturated carbocycles. The summed E-state index contributed by atoms with van der Waals surface area (Å²) in [5.41, 5.74) is 2.03. The maximum absolute atomic E-state index is 4.57. The Hall–Kier alpha value is -0.900. The van der Waals surface area contributed by atoms with Crippen molar-refractivity contribution in [3.8, 4) is 0 Å². The Morgan fingerprint density at radius 2 is 2.27 bits per heavy atom.